The lowest BCUT2D eigenvalue weighted by atomic mass is 10.1. The van der Waals surface area contributed by atoms with Gasteiger partial charge < -0.3 is 14.2 Å². The fraction of sp³-hybridized carbons (Fsp3) is 0.154. The molecular formula is C13H11ClN4O2. The van der Waals surface area contributed by atoms with E-state index in [9.17, 15) is 0 Å². The number of hydrogen-bond donors (Lipinski definition) is 1. The van der Waals surface area contributed by atoms with Gasteiger partial charge in [-0.3, -0.25) is 0 Å². The van der Waals surface area contributed by atoms with Crippen LogP contribution in [0.15, 0.2) is 34.2 Å². The van der Waals surface area contributed by atoms with Crippen LogP contribution in [0.5, 0.6) is 0 Å². The van der Waals surface area contributed by atoms with Crippen molar-refractivity contribution in [3.8, 4) is 11.6 Å². The van der Waals surface area contributed by atoms with Crippen molar-refractivity contribution in [1.29, 1.82) is 0 Å². The Morgan fingerprint density at radius 3 is 3.00 bits per heavy atom. The second-order valence-corrected chi connectivity index (χ2v) is 4.59. The summed E-state index contributed by atoms with van der Waals surface area (Å²) >= 11 is 6.06. The summed E-state index contributed by atoms with van der Waals surface area (Å²) in [5.74, 6) is 0.370. The number of rotatable bonds is 3. The topological polar surface area (TPSA) is 76.4 Å². The van der Waals surface area contributed by atoms with Crippen LogP contribution in [0.4, 0.5) is 0 Å². The van der Waals surface area contributed by atoms with Crippen LogP contribution in [0.2, 0.25) is 5.02 Å². The van der Waals surface area contributed by atoms with E-state index >= 15 is 0 Å². The molecule has 0 fully saturated rings. The summed E-state index contributed by atoms with van der Waals surface area (Å²) < 4.78 is 7.28. The minimum absolute atomic E-state index is 0.370. The monoisotopic (exact) mass is 290 g/mol. The summed E-state index contributed by atoms with van der Waals surface area (Å²) in [5, 5.41) is 21.2. The van der Waals surface area contributed by atoms with Crippen molar-refractivity contribution in [1.82, 2.24) is 14.8 Å². The highest BCUT2D eigenvalue weighted by Crippen LogP contribution is 2.33. The molecule has 1 aromatic carbocycles. The van der Waals surface area contributed by atoms with E-state index in [-0.39, 0.29) is 0 Å². The highest BCUT2D eigenvalue weighted by Gasteiger charge is 2.20. The fourth-order valence-electron chi connectivity index (χ4n) is 2.37. The van der Waals surface area contributed by atoms with Gasteiger partial charge in [0.2, 0.25) is 6.39 Å². The molecule has 0 bridgehead atoms. The van der Waals surface area contributed by atoms with Crippen LogP contribution in [0.3, 0.4) is 0 Å². The average molecular weight is 291 g/mol. The molecule has 0 aliphatic rings. The highest BCUT2D eigenvalue weighted by atomic mass is 35.5. The molecule has 7 heteroatoms. The molecule has 0 saturated heterocycles. The number of hydrogen-bond acceptors (Lipinski definition) is 5. The largest absolute Gasteiger partial charge is 0.422 e. The molecule has 0 amide bonds. The van der Waals surface area contributed by atoms with E-state index in [1.807, 2.05) is 23.6 Å². The van der Waals surface area contributed by atoms with Gasteiger partial charge in [-0.15, -0.1) is 10.2 Å². The molecule has 0 aliphatic heterocycles. The summed E-state index contributed by atoms with van der Waals surface area (Å²) in [6.07, 6.45) is 2.63. The van der Waals surface area contributed by atoms with Crippen molar-refractivity contribution < 1.29 is 9.62 Å². The van der Waals surface area contributed by atoms with E-state index < -0.39 is 0 Å². The predicted octanol–water partition coefficient (Wildman–Crippen LogP) is 3.17. The summed E-state index contributed by atoms with van der Waals surface area (Å²) in [6, 6.07) is 5.52. The van der Waals surface area contributed by atoms with Crippen molar-refractivity contribution in [2.75, 3.05) is 0 Å². The number of halogens is 1. The Morgan fingerprint density at radius 1 is 1.50 bits per heavy atom. The van der Waals surface area contributed by atoms with Gasteiger partial charge in [0.25, 0.3) is 5.89 Å². The standard InChI is InChI=1S/C13H11ClN4O2/c1-2-18-11-5-8(14)3-4-9(11)10(6-16-19)12(18)13-17-15-7-20-13/h3-7,19H,2H2,1H3/b16-6+. The zero-order chi connectivity index (χ0) is 14.1. The first-order chi connectivity index (χ1) is 9.76. The second kappa shape index (κ2) is 4.97. The first-order valence-electron chi connectivity index (χ1n) is 6.02. The Balaban J connectivity index is 2.44. The van der Waals surface area contributed by atoms with Gasteiger partial charge in [-0.1, -0.05) is 22.8 Å². The third-order valence-corrected chi connectivity index (χ3v) is 3.37. The van der Waals surface area contributed by atoms with E-state index in [0.717, 1.165) is 10.9 Å². The Morgan fingerprint density at radius 2 is 2.35 bits per heavy atom. The Bertz CT molecular complexity index is 777. The Kier molecular flexibility index (Phi) is 3.15. The predicted molar refractivity (Wildman–Crippen MR) is 75.3 cm³/mol. The zero-order valence-electron chi connectivity index (χ0n) is 10.6. The maximum atomic E-state index is 8.91. The van der Waals surface area contributed by atoms with Gasteiger partial charge in [0.1, 0.15) is 5.69 Å². The van der Waals surface area contributed by atoms with Gasteiger partial charge in [-0.25, -0.2) is 0 Å². The fourth-order valence-corrected chi connectivity index (χ4v) is 2.54. The van der Waals surface area contributed by atoms with E-state index in [1.165, 1.54) is 12.6 Å². The molecular weight excluding hydrogens is 280 g/mol. The number of benzene rings is 1. The smallest absolute Gasteiger partial charge is 0.264 e. The van der Waals surface area contributed by atoms with Crippen LogP contribution < -0.4 is 0 Å². The molecule has 0 saturated carbocycles. The summed E-state index contributed by atoms with van der Waals surface area (Å²) in [6.45, 7) is 2.69. The SMILES string of the molecule is CCn1c(-c2nnco2)c(/C=N/O)c2ccc(Cl)cc21. The molecule has 3 rings (SSSR count). The lowest BCUT2D eigenvalue weighted by Gasteiger charge is -2.04. The number of aryl methyl sites for hydroxylation is 1. The molecule has 0 atom stereocenters. The molecule has 20 heavy (non-hydrogen) atoms. The molecule has 0 spiro atoms. The first-order valence-corrected chi connectivity index (χ1v) is 6.39. The molecule has 3 aromatic rings. The van der Waals surface area contributed by atoms with Crippen molar-refractivity contribution in [3.63, 3.8) is 0 Å². The van der Waals surface area contributed by atoms with Crippen LogP contribution in [0, 0.1) is 0 Å². The van der Waals surface area contributed by atoms with Crippen molar-refractivity contribution in [2.24, 2.45) is 5.16 Å². The number of oxime groups is 1. The van der Waals surface area contributed by atoms with Crippen LogP contribution in [0.25, 0.3) is 22.5 Å². The molecule has 1 N–H and O–H groups in total. The van der Waals surface area contributed by atoms with E-state index in [1.54, 1.807) is 6.07 Å². The molecule has 0 radical (unpaired) electrons. The van der Waals surface area contributed by atoms with Crippen LogP contribution in [0.1, 0.15) is 12.5 Å². The van der Waals surface area contributed by atoms with Crippen molar-refractivity contribution in [2.45, 2.75) is 13.5 Å². The molecule has 0 unspecified atom stereocenters. The highest BCUT2D eigenvalue weighted by molar-refractivity contribution is 6.31. The lowest BCUT2D eigenvalue weighted by Crippen LogP contribution is -1.98. The van der Waals surface area contributed by atoms with Crippen molar-refractivity contribution >= 4 is 28.7 Å². The average Bonchev–Trinajstić information content (AvgIpc) is 3.05. The van der Waals surface area contributed by atoms with Gasteiger partial charge >= 0.3 is 0 Å². The quantitative estimate of drug-likeness (QED) is 0.456. The minimum Gasteiger partial charge on any atom is -0.422 e. The number of aromatic nitrogens is 3. The molecule has 0 aliphatic carbocycles. The summed E-state index contributed by atoms with van der Waals surface area (Å²) in [5.41, 5.74) is 2.34. The van der Waals surface area contributed by atoms with Gasteiger partial charge in [0.15, 0.2) is 0 Å². The maximum Gasteiger partial charge on any atom is 0.264 e. The van der Waals surface area contributed by atoms with Crippen LogP contribution >= 0.6 is 11.6 Å². The van der Waals surface area contributed by atoms with Crippen LogP contribution in [-0.2, 0) is 6.54 Å². The Hall–Kier alpha value is -2.34. The lowest BCUT2D eigenvalue weighted by molar-refractivity contribution is 0.322. The van der Waals surface area contributed by atoms with E-state index in [0.29, 0.717) is 28.7 Å². The van der Waals surface area contributed by atoms with Crippen molar-refractivity contribution in [3.05, 3.63) is 35.2 Å². The zero-order valence-corrected chi connectivity index (χ0v) is 11.4. The van der Waals surface area contributed by atoms with Crippen LogP contribution in [-0.4, -0.2) is 26.2 Å². The van der Waals surface area contributed by atoms with Gasteiger partial charge in [0.05, 0.1) is 11.7 Å². The Labute approximate surface area is 119 Å². The molecule has 2 aromatic heterocycles. The third-order valence-electron chi connectivity index (χ3n) is 3.13. The molecule has 102 valence electrons. The van der Waals surface area contributed by atoms with E-state index in [2.05, 4.69) is 15.4 Å². The van der Waals surface area contributed by atoms with Gasteiger partial charge in [-0.2, -0.15) is 0 Å². The van der Waals surface area contributed by atoms with E-state index in [4.69, 9.17) is 21.2 Å². The summed E-state index contributed by atoms with van der Waals surface area (Å²) in [7, 11) is 0. The summed E-state index contributed by atoms with van der Waals surface area (Å²) in [4.78, 5) is 0. The third kappa shape index (κ3) is 1.85. The second-order valence-electron chi connectivity index (χ2n) is 4.16. The van der Waals surface area contributed by atoms with Gasteiger partial charge in [-0.05, 0) is 19.1 Å². The van der Waals surface area contributed by atoms with Gasteiger partial charge in [0, 0.05) is 22.5 Å². The normalized spacial score (nSPS) is 11.7. The number of nitrogens with zero attached hydrogens (tertiary/aromatic N) is 4. The molecule has 6 nitrogen and oxygen atoms in total. The minimum atomic E-state index is 0.370. The maximum absolute atomic E-state index is 8.91. The molecule has 2 heterocycles. The number of fused-ring (bicyclic) bond motifs is 1. The first kappa shape index (κ1) is 12.7.